The molecule has 0 fully saturated rings. The molecule has 0 heterocycles. The van der Waals surface area contributed by atoms with E-state index in [0.29, 0.717) is 13.0 Å². The van der Waals surface area contributed by atoms with E-state index < -0.39 is 0 Å². The summed E-state index contributed by atoms with van der Waals surface area (Å²) in [4.78, 5) is 11.6. The van der Waals surface area contributed by atoms with Crippen LogP contribution in [0.4, 0.5) is 0 Å². The fourth-order valence-corrected chi connectivity index (χ4v) is 1.48. The van der Waals surface area contributed by atoms with E-state index in [1.807, 2.05) is 19.1 Å². The molecule has 0 aliphatic heterocycles. The fraction of sp³-hybridized carbons (Fsp3) is 0.462. The SMILES string of the molecule is Cc1ccc(CC(=O)N[C@H](C)CN)cc1C. The Morgan fingerprint density at radius 3 is 2.62 bits per heavy atom. The summed E-state index contributed by atoms with van der Waals surface area (Å²) >= 11 is 0. The Balaban J connectivity index is 2.59. The van der Waals surface area contributed by atoms with E-state index in [4.69, 9.17) is 5.73 Å². The summed E-state index contributed by atoms with van der Waals surface area (Å²) in [7, 11) is 0. The maximum atomic E-state index is 11.6. The molecule has 0 spiro atoms. The fourth-order valence-electron chi connectivity index (χ4n) is 1.48. The Morgan fingerprint density at radius 1 is 1.38 bits per heavy atom. The Kier molecular flexibility index (Phi) is 4.50. The van der Waals surface area contributed by atoms with Crippen LogP contribution in [0.5, 0.6) is 0 Å². The lowest BCUT2D eigenvalue weighted by atomic mass is 10.0. The van der Waals surface area contributed by atoms with Gasteiger partial charge in [0, 0.05) is 12.6 Å². The normalized spacial score (nSPS) is 12.2. The van der Waals surface area contributed by atoms with Crippen LogP contribution in [0.15, 0.2) is 18.2 Å². The van der Waals surface area contributed by atoms with Crippen LogP contribution in [0.1, 0.15) is 23.6 Å². The van der Waals surface area contributed by atoms with Gasteiger partial charge in [0.25, 0.3) is 0 Å². The Hall–Kier alpha value is -1.35. The lowest BCUT2D eigenvalue weighted by Crippen LogP contribution is -2.38. The highest BCUT2D eigenvalue weighted by molar-refractivity contribution is 5.78. The number of amides is 1. The molecule has 3 N–H and O–H groups in total. The van der Waals surface area contributed by atoms with Crippen LogP contribution >= 0.6 is 0 Å². The van der Waals surface area contributed by atoms with Crippen molar-refractivity contribution in [2.75, 3.05) is 6.54 Å². The highest BCUT2D eigenvalue weighted by atomic mass is 16.1. The minimum atomic E-state index is 0.0289. The van der Waals surface area contributed by atoms with Crippen LogP contribution in [0.2, 0.25) is 0 Å². The molecule has 0 bridgehead atoms. The van der Waals surface area contributed by atoms with Crippen molar-refractivity contribution in [3.05, 3.63) is 34.9 Å². The smallest absolute Gasteiger partial charge is 0.224 e. The van der Waals surface area contributed by atoms with Gasteiger partial charge in [-0.05, 0) is 37.5 Å². The van der Waals surface area contributed by atoms with Crippen molar-refractivity contribution >= 4 is 5.91 Å². The summed E-state index contributed by atoms with van der Waals surface area (Å²) in [6.45, 7) is 6.49. The van der Waals surface area contributed by atoms with Gasteiger partial charge in [-0.2, -0.15) is 0 Å². The summed E-state index contributed by atoms with van der Waals surface area (Å²) in [6, 6.07) is 6.14. The van der Waals surface area contributed by atoms with Gasteiger partial charge in [-0.3, -0.25) is 4.79 Å². The molecule has 16 heavy (non-hydrogen) atoms. The highest BCUT2D eigenvalue weighted by Crippen LogP contribution is 2.10. The van der Waals surface area contributed by atoms with Crippen molar-refractivity contribution in [2.45, 2.75) is 33.2 Å². The maximum Gasteiger partial charge on any atom is 0.224 e. The van der Waals surface area contributed by atoms with Crippen LogP contribution in [-0.2, 0) is 11.2 Å². The van der Waals surface area contributed by atoms with Crippen LogP contribution in [0, 0.1) is 13.8 Å². The zero-order chi connectivity index (χ0) is 12.1. The van der Waals surface area contributed by atoms with Gasteiger partial charge in [-0.25, -0.2) is 0 Å². The molecule has 0 saturated carbocycles. The number of carbonyl (C=O) groups is 1. The summed E-state index contributed by atoms with van der Waals surface area (Å²) in [5.74, 6) is 0.0289. The van der Waals surface area contributed by atoms with E-state index in [1.54, 1.807) is 0 Å². The van der Waals surface area contributed by atoms with Crippen molar-refractivity contribution in [1.82, 2.24) is 5.32 Å². The lowest BCUT2D eigenvalue weighted by Gasteiger charge is -2.11. The van der Waals surface area contributed by atoms with Gasteiger partial charge in [0.05, 0.1) is 6.42 Å². The first-order valence-corrected chi connectivity index (χ1v) is 5.58. The molecule has 3 heteroatoms. The maximum absolute atomic E-state index is 11.6. The van der Waals surface area contributed by atoms with E-state index in [2.05, 4.69) is 25.2 Å². The van der Waals surface area contributed by atoms with E-state index in [1.165, 1.54) is 11.1 Å². The van der Waals surface area contributed by atoms with Crippen molar-refractivity contribution in [2.24, 2.45) is 5.73 Å². The lowest BCUT2D eigenvalue weighted by molar-refractivity contribution is -0.120. The number of hydrogen-bond acceptors (Lipinski definition) is 2. The molecule has 0 aliphatic carbocycles. The third-order valence-electron chi connectivity index (χ3n) is 2.70. The second kappa shape index (κ2) is 5.66. The topological polar surface area (TPSA) is 55.1 Å². The monoisotopic (exact) mass is 220 g/mol. The molecule has 0 radical (unpaired) electrons. The molecule has 0 saturated heterocycles. The van der Waals surface area contributed by atoms with E-state index in [-0.39, 0.29) is 11.9 Å². The molecule has 1 aromatic rings. The van der Waals surface area contributed by atoms with Crippen molar-refractivity contribution in [1.29, 1.82) is 0 Å². The van der Waals surface area contributed by atoms with E-state index in [9.17, 15) is 4.79 Å². The van der Waals surface area contributed by atoms with Crippen LogP contribution in [-0.4, -0.2) is 18.5 Å². The first-order valence-electron chi connectivity index (χ1n) is 5.58. The second-order valence-corrected chi connectivity index (χ2v) is 4.30. The largest absolute Gasteiger partial charge is 0.352 e. The third-order valence-corrected chi connectivity index (χ3v) is 2.70. The summed E-state index contributed by atoms with van der Waals surface area (Å²) in [6.07, 6.45) is 0.422. The Morgan fingerprint density at radius 2 is 2.06 bits per heavy atom. The molecule has 88 valence electrons. The van der Waals surface area contributed by atoms with Crippen LogP contribution in [0.3, 0.4) is 0 Å². The Bertz CT molecular complexity index is 374. The zero-order valence-corrected chi connectivity index (χ0v) is 10.2. The summed E-state index contributed by atoms with van der Waals surface area (Å²) in [5.41, 5.74) is 8.96. The molecule has 0 aliphatic rings. The van der Waals surface area contributed by atoms with E-state index >= 15 is 0 Å². The minimum Gasteiger partial charge on any atom is -0.352 e. The number of nitrogens with two attached hydrogens (primary N) is 1. The van der Waals surface area contributed by atoms with Gasteiger partial charge in [0.1, 0.15) is 0 Å². The number of benzene rings is 1. The van der Waals surface area contributed by atoms with Crippen LogP contribution < -0.4 is 11.1 Å². The number of nitrogens with one attached hydrogen (secondary N) is 1. The molecule has 1 aromatic carbocycles. The average Bonchev–Trinajstić information content (AvgIpc) is 2.23. The molecular formula is C13H20N2O. The van der Waals surface area contributed by atoms with Gasteiger partial charge >= 0.3 is 0 Å². The van der Waals surface area contributed by atoms with E-state index in [0.717, 1.165) is 5.56 Å². The third kappa shape index (κ3) is 3.66. The predicted octanol–water partition coefficient (Wildman–Crippen LogP) is 1.31. The molecule has 0 aromatic heterocycles. The molecule has 1 atom stereocenters. The molecule has 1 amide bonds. The van der Waals surface area contributed by atoms with Crippen molar-refractivity contribution in [3.8, 4) is 0 Å². The molecule has 1 rings (SSSR count). The number of carbonyl (C=O) groups excluding carboxylic acids is 1. The number of aryl methyl sites for hydroxylation is 2. The van der Waals surface area contributed by atoms with Gasteiger partial charge in [0.15, 0.2) is 0 Å². The van der Waals surface area contributed by atoms with Crippen LogP contribution in [0.25, 0.3) is 0 Å². The molecular weight excluding hydrogens is 200 g/mol. The van der Waals surface area contributed by atoms with Crippen molar-refractivity contribution in [3.63, 3.8) is 0 Å². The summed E-state index contributed by atoms with van der Waals surface area (Å²) < 4.78 is 0. The standard InChI is InChI=1S/C13H20N2O/c1-9-4-5-12(6-10(9)2)7-13(16)15-11(3)8-14/h4-6,11H,7-8,14H2,1-3H3,(H,15,16)/t11-/m1/s1. The van der Waals surface area contributed by atoms with Gasteiger partial charge in [-0.15, -0.1) is 0 Å². The zero-order valence-electron chi connectivity index (χ0n) is 10.2. The number of rotatable bonds is 4. The van der Waals surface area contributed by atoms with Gasteiger partial charge in [-0.1, -0.05) is 18.2 Å². The minimum absolute atomic E-state index is 0.0289. The second-order valence-electron chi connectivity index (χ2n) is 4.30. The molecule has 3 nitrogen and oxygen atoms in total. The first-order chi connectivity index (χ1) is 7.52. The Labute approximate surface area is 97.0 Å². The quantitative estimate of drug-likeness (QED) is 0.804. The number of hydrogen-bond donors (Lipinski definition) is 2. The predicted molar refractivity (Wildman–Crippen MR) is 66.3 cm³/mol. The summed E-state index contributed by atoms with van der Waals surface area (Å²) in [5, 5.41) is 2.85. The highest BCUT2D eigenvalue weighted by Gasteiger charge is 2.07. The first kappa shape index (κ1) is 12.7. The molecule has 0 unspecified atom stereocenters. The van der Waals surface area contributed by atoms with Crippen molar-refractivity contribution < 1.29 is 4.79 Å². The average molecular weight is 220 g/mol. The van der Waals surface area contributed by atoms with Gasteiger partial charge in [0.2, 0.25) is 5.91 Å². The van der Waals surface area contributed by atoms with Gasteiger partial charge < -0.3 is 11.1 Å².